The maximum absolute atomic E-state index is 12.6. The van der Waals surface area contributed by atoms with E-state index in [2.05, 4.69) is 20.4 Å². The monoisotopic (exact) mass is 349 g/mol. The standard InChI is InChI=1S/C18H15N5OS/c1-23(18(24)13-7-8-15-16(9-13)21-22-20-15)10-14-11-25-17(19-14)12-5-3-2-4-6-12/h2-9,11H,10H2,1H3,(H,20,21,22). The molecule has 0 saturated carbocycles. The normalized spacial score (nSPS) is 10.9. The fourth-order valence-corrected chi connectivity index (χ4v) is 3.42. The minimum atomic E-state index is -0.0702. The van der Waals surface area contributed by atoms with E-state index < -0.39 is 0 Å². The van der Waals surface area contributed by atoms with Gasteiger partial charge < -0.3 is 4.90 Å². The molecule has 4 aromatic rings. The number of nitrogens with zero attached hydrogens (tertiary/aromatic N) is 4. The Balaban J connectivity index is 1.50. The number of carbonyl (C=O) groups is 1. The lowest BCUT2D eigenvalue weighted by molar-refractivity contribution is 0.0784. The third kappa shape index (κ3) is 3.14. The molecule has 7 heteroatoms. The summed E-state index contributed by atoms with van der Waals surface area (Å²) < 4.78 is 0. The molecule has 0 radical (unpaired) electrons. The average molecular weight is 349 g/mol. The van der Waals surface area contributed by atoms with Gasteiger partial charge in [0.1, 0.15) is 16.0 Å². The highest BCUT2D eigenvalue weighted by Crippen LogP contribution is 2.24. The first-order valence-electron chi connectivity index (χ1n) is 7.76. The highest BCUT2D eigenvalue weighted by Gasteiger charge is 2.15. The zero-order valence-electron chi connectivity index (χ0n) is 13.5. The number of carbonyl (C=O) groups excluding carboxylic acids is 1. The largest absolute Gasteiger partial charge is 0.336 e. The van der Waals surface area contributed by atoms with Crippen LogP contribution >= 0.6 is 11.3 Å². The molecule has 25 heavy (non-hydrogen) atoms. The van der Waals surface area contributed by atoms with E-state index >= 15 is 0 Å². The predicted octanol–water partition coefficient (Wildman–Crippen LogP) is 3.35. The Morgan fingerprint density at radius 3 is 2.76 bits per heavy atom. The van der Waals surface area contributed by atoms with Gasteiger partial charge in [-0.15, -0.1) is 11.3 Å². The summed E-state index contributed by atoms with van der Waals surface area (Å²) in [6.07, 6.45) is 0. The summed E-state index contributed by atoms with van der Waals surface area (Å²) in [4.78, 5) is 18.9. The van der Waals surface area contributed by atoms with Crippen LogP contribution in [0.1, 0.15) is 16.1 Å². The molecule has 124 valence electrons. The second-order valence-electron chi connectivity index (χ2n) is 5.70. The number of amides is 1. The summed E-state index contributed by atoms with van der Waals surface area (Å²) in [5, 5.41) is 13.5. The van der Waals surface area contributed by atoms with Gasteiger partial charge in [-0.3, -0.25) is 4.79 Å². The van der Waals surface area contributed by atoms with Crippen LogP contribution in [0.3, 0.4) is 0 Å². The molecule has 0 aliphatic heterocycles. The molecule has 2 aromatic heterocycles. The second kappa shape index (κ2) is 6.45. The van der Waals surface area contributed by atoms with Crippen LogP contribution in [0, 0.1) is 0 Å². The van der Waals surface area contributed by atoms with Gasteiger partial charge in [-0.2, -0.15) is 15.4 Å². The van der Waals surface area contributed by atoms with Gasteiger partial charge in [0, 0.05) is 23.6 Å². The van der Waals surface area contributed by atoms with Crippen LogP contribution in [-0.4, -0.2) is 38.2 Å². The van der Waals surface area contributed by atoms with Crippen molar-refractivity contribution in [3.63, 3.8) is 0 Å². The highest BCUT2D eigenvalue weighted by atomic mass is 32.1. The summed E-state index contributed by atoms with van der Waals surface area (Å²) in [5.41, 5.74) is 3.97. The van der Waals surface area contributed by atoms with Gasteiger partial charge in [0.15, 0.2) is 0 Å². The molecule has 0 atom stereocenters. The van der Waals surface area contributed by atoms with Gasteiger partial charge in [-0.1, -0.05) is 30.3 Å². The van der Waals surface area contributed by atoms with Gasteiger partial charge in [0.2, 0.25) is 0 Å². The number of thiazole rings is 1. The summed E-state index contributed by atoms with van der Waals surface area (Å²) >= 11 is 1.58. The maximum atomic E-state index is 12.6. The van der Waals surface area contributed by atoms with Crippen molar-refractivity contribution in [2.24, 2.45) is 0 Å². The Hall–Kier alpha value is -3.06. The fraction of sp³-hybridized carbons (Fsp3) is 0.111. The molecule has 2 heterocycles. The van der Waals surface area contributed by atoms with Crippen molar-refractivity contribution in [3.8, 4) is 10.6 Å². The molecule has 6 nitrogen and oxygen atoms in total. The molecule has 0 bridgehead atoms. The summed E-state index contributed by atoms with van der Waals surface area (Å²) in [6.45, 7) is 0.457. The number of benzene rings is 2. The molecule has 0 unspecified atom stereocenters. The van der Waals surface area contributed by atoms with Crippen LogP contribution < -0.4 is 0 Å². The van der Waals surface area contributed by atoms with Crippen LogP contribution in [-0.2, 0) is 6.54 Å². The molecule has 4 rings (SSSR count). The first kappa shape index (κ1) is 15.5. The smallest absolute Gasteiger partial charge is 0.254 e. The zero-order valence-corrected chi connectivity index (χ0v) is 14.3. The van der Waals surface area contributed by atoms with Crippen molar-refractivity contribution >= 4 is 28.3 Å². The number of fused-ring (bicyclic) bond motifs is 1. The van der Waals surface area contributed by atoms with Crippen LogP contribution in [0.4, 0.5) is 0 Å². The molecule has 0 spiro atoms. The fourth-order valence-electron chi connectivity index (χ4n) is 2.60. The average Bonchev–Trinajstić information content (AvgIpc) is 3.30. The number of rotatable bonds is 4. The molecule has 0 aliphatic rings. The topological polar surface area (TPSA) is 74.8 Å². The molecular formula is C18H15N5OS. The maximum Gasteiger partial charge on any atom is 0.254 e. The first-order valence-corrected chi connectivity index (χ1v) is 8.64. The van der Waals surface area contributed by atoms with Crippen molar-refractivity contribution in [2.75, 3.05) is 7.05 Å². The Morgan fingerprint density at radius 1 is 1.12 bits per heavy atom. The number of aromatic amines is 1. The van der Waals surface area contributed by atoms with E-state index in [1.54, 1.807) is 41.5 Å². The van der Waals surface area contributed by atoms with E-state index in [9.17, 15) is 4.79 Å². The Labute approximate surface area is 148 Å². The Bertz CT molecular complexity index is 1020. The molecule has 1 N–H and O–H groups in total. The molecule has 0 saturated heterocycles. The lowest BCUT2D eigenvalue weighted by atomic mass is 10.1. The lowest BCUT2D eigenvalue weighted by Crippen LogP contribution is -2.26. The SMILES string of the molecule is CN(Cc1csc(-c2ccccc2)n1)C(=O)c1ccc2n[nH]nc2c1. The van der Waals surface area contributed by atoms with Crippen molar-refractivity contribution in [1.29, 1.82) is 0 Å². The molecule has 1 amide bonds. The lowest BCUT2D eigenvalue weighted by Gasteiger charge is -2.15. The van der Waals surface area contributed by atoms with Crippen molar-refractivity contribution < 1.29 is 4.79 Å². The second-order valence-corrected chi connectivity index (χ2v) is 6.56. The summed E-state index contributed by atoms with van der Waals surface area (Å²) in [6, 6.07) is 15.3. The van der Waals surface area contributed by atoms with E-state index in [1.807, 2.05) is 35.7 Å². The van der Waals surface area contributed by atoms with Gasteiger partial charge >= 0.3 is 0 Å². The van der Waals surface area contributed by atoms with Crippen molar-refractivity contribution in [3.05, 3.63) is 65.2 Å². The van der Waals surface area contributed by atoms with Crippen molar-refractivity contribution in [2.45, 2.75) is 6.54 Å². The highest BCUT2D eigenvalue weighted by molar-refractivity contribution is 7.13. The third-order valence-corrected chi connectivity index (χ3v) is 4.82. The minimum absolute atomic E-state index is 0.0702. The van der Waals surface area contributed by atoms with Gasteiger partial charge in [-0.25, -0.2) is 4.98 Å². The summed E-state index contributed by atoms with van der Waals surface area (Å²) in [7, 11) is 1.77. The quantitative estimate of drug-likeness (QED) is 0.613. The van der Waals surface area contributed by atoms with E-state index in [-0.39, 0.29) is 5.91 Å². The van der Waals surface area contributed by atoms with Gasteiger partial charge in [0.05, 0.1) is 12.2 Å². The molecule has 2 aromatic carbocycles. The number of H-pyrrole nitrogens is 1. The first-order chi connectivity index (χ1) is 12.2. The molecule has 0 fully saturated rings. The van der Waals surface area contributed by atoms with Crippen LogP contribution in [0.2, 0.25) is 0 Å². The summed E-state index contributed by atoms with van der Waals surface area (Å²) in [5.74, 6) is -0.0702. The number of nitrogens with one attached hydrogen (secondary N) is 1. The predicted molar refractivity (Wildman–Crippen MR) is 97.2 cm³/mol. The van der Waals surface area contributed by atoms with E-state index in [1.165, 1.54) is 0 Å². The third-order valence-electron chi connectivity index (χ3n) is 3.88. The van der Waals surface area contributed by atoms with Crippen LogP contribution in [0.15, 0.2) is 53.9 Å². The molecular weight excluding hydrogens is 334 g/mol. The number of hydrogen-bond acceptors (Lipinski definition) is 5. The van der Waals surface area contributed by atoms with E-state index in [0.29, 0.717) is 17.6 Å². The van der Waals surface area contributed by atoms with Crippen LogP contribution in [0.25, 0.3) is 21.6 Å². The van der Waals surface area contributed by atoms with Crippen molar-refractivity contribution in [1.82, 2.24) is 25.3 Å². The van der Waals surface area contributed by atoms with Crippen LogP contribution in [0.5, 0.6) is 0 Å². The zero-order chi connectivity index (χ0) is 17.2. The molecule has 0 aliphatic carbocycles. The minimum Gasteiger partial charge on any atom is -0.336 e. The Morgan fingerprint density at radius 2 is 1.92 bits per heavy atom. The number of aromatic nitrogens is 4. The van der Waals surface area contributed by atoms with Gasteiger partial charge in [0.25, 0.3) is 5.91 Å². The van der Waals surface area contributed by atoms with E-state index in [4.69, 9.17) is 0 Å². The Kier molecular flexibility index (Phi) is 3.99. The van der Waals surface area contributed by atoms with E-state index in [0.717, 1.165) is 21.8 Å². The number of hydrogen-bond donors (Lipinski definition) is 1. The van der Waals surface area contributed by atoms with Gasteiger partial charge in [-0.05, 0) is 18.2 Å².